The van der Waals surface area contributed by atoms with Crippen LogP contribution in [0.3, 0.4) is 0 Å². The van der Waals surface area contributed by atoms with Gasteiger partial charge in [-0.1, -0.05) is 24.3 Å². The Morgan fingerprint density at radius 2 is 1.36 bits per heavy atom. The summed E-state index contributed by atoms with van der Waals surface area (Å²) in [5.74, 6) is 1.72. The van der Waals surface area contributed by atoms with Gasteiger partial charge >= 0.3 is 0 Å². The first kappa shape index (κ1) is 26.5. The van der Waals surface area contributed by atoms with Crippen molar-refractivity contribution in [3.8, 4) is 22.6 Å². The van der Waals surface area contributed by atoms with Crippen molar-refractivity contribution in [1.82, 2.24) is 9.80 Å². The summed E-state index contributed by atoms with van der Waals surface area (Å²) in [5, 5.41) is 0. The van der Waals surface area contributed by atoms with Crippen LogP contribution in [0.1, 0.15) is 49.7 Å². The van der Waals surface area contributed by atoms with Gasteiger partial charge in [0.1, 0.15) is 11.5 Å². The Labute approximate surface area is 216 Å². The molecule has 2 aliphatic heterocycles. The zero-order chi connectivity index (χ0) is 25.3. The minimum Gasteiger partial charge on any atom is -0.493 e. The van der Waals surface area contributed by atoms with Gasteiger partial charge in [-0.2, -0.15) is 0 Å². The zero-order valence-electron chi connectivity index (χ0n) is 22.1. The molecule has 1 unspecified atom stereocenters. The summed E-state index contributed by atoms with van der Waals surface area (Å²) in [7, 11) is 0. The van der Waals surface area contributed by atoms with Gasteiger partial charge in [0.05, 0.1) is 19.1 Å². The Kier molecular flexibility index (Phi) is 9.65. The number of hydrogen-bond acceptors (Lipinski definition) is 5. The molecule has 6 nitrogen and oxygen atoms in total. The van der Waals surface area contributed by atoms with Gasteiger partial charge in [-0.05, 0) is 106 Å². The molecule has 1 amide bonds. The van der Waals surface area contributed by atoms with Crippen molar-refractivity contribution in [2.75, 3.05) is 52.5 Å². The van der Waals surface area contributed by atoms with E-state index in [2.05, 4.69) is 60.0 Å². The standard InChI is InChI=1S/C30H43N3O3/c1-23-26(11-5-13-28(23)35-20-8-18-32-15-3-4-16-32)27-12-6-14-29(24(27)2)36-21-9-19-33-17-7-10-25(22-33)30(31)34/h5-6,11-14,25H,3-4,7-10,15-22H2,1-2H3,(H2,31,34). The quantitative estimate of drug-likeness (QED) is 0.430. The summed E-state index contributed by atoms with van der Waals surface area (Å²) in [6, 6.07) is 12.6. The van der Waals surface area contributed by atoms with E-state index in [0.29, 0.717) is 6.61 Å². The summed E-state index contributed by atoms with van der Waals surface area (Å²) < 4.78 is 12.4. The van der Waals surface area contributed by atoms with Crippen LogP contribution in [-0.2, 0) is 4.79 Å². The second kappa shape index (κ2) is 13.1. The van der Waals surface area contributed by atoms with Gasteiger partial charge in [-0.25, -0.2) is 0 Å². The van der Waals surface area contributed by atoms with Gasteiger partial charge in [0.25, 0.3) is 0 Å². The maximum Gasteiger partial charge on any atom is 0.221 e. The lowest BCUT2D eigenvalue weighted by Crippen LogP contribution is -2.41. The lowest BCUT2D eigenvalue weighted by molar-refractivity contribution is -0.123. The molecule has 0 radical (unpaired) electrons. The number of carbonyl (C=O) groups is 1. The molecule has 196 valence electrons. The first-order chi connectivity index (χ1) is 17.5. The minimum absolute atomic E-state index is 0.00773. The molecule has 6 heteroatoms. The summed E-state index contributed by atoms with van der Waals surface area (Å²) in [6.45, 7) is 12.0. The van der Waals surface area contributed by atoms with Gasteiger partial charge in [0, 0.05) is 19.6 Å². The summed E-state index contributed by atoms with van der Waals surface area (Å²) in [4.78, 5) is 16.4. The Bertz CT molecular complexity index is 1000. The molecule has 4 rings (SSSR count). The molecule has 2 heterocycles. The number of primary amides is 1. The number of hydrogen-bond donors (Lipinski definition) is 1. The molecule has 36 heavy (non-hydrogen) atoms. The molecule has 1 atom stereocenters. The largest absolute Gasteiger partial charge is 0.493 e. The van der Waals surface area contributed by atoms with E-state index in [1.54, 1.807) is 0 Å². The lowest BCUT2D eigenvalue weighted by Gasteiger charge is -2.31. The number of likely N-dealkylation sites (tertiary alicyclic amines) is 2. The minimum atomic E-state index is -0.171. The van der Waals surface area contributed by atoms with Crippen LogP contribution in [0.25, 0.3) is 11.1 Å². The fourth-order valence-corrected chi connectivity index (χ4v) is 5.56. The van der Waals surface area contributed by atoms with Crippen LogP contribution in [0.15, 0.2) is 36.4 Å². The fourth-order valence-electron chi connectivity index (χ4n) is 5.56. The maximum atomic E-state index is 11.5. The fraction of sp³-hybridized carbons (Fsp3) is 0.567. The van der Waals surface area contributed by atoms with Gasteiger partial charge in [-0.3, -0.25) is 4.79 Å². The number of rotatable bonds is 12. The zero-order valence-corrected chi connectivity index (χ0v) is 22.1. The summed E-state index contributed by atoms with van der Waals surface area (Å²) in [5.41, 5.74) is 10.2. The van der Waals surface area contributed by atoms with Crippen molar-refractivity contribution < 1.29 is 14.3 Å². The van der Waals surface area contributed by atoms with E-state index in [1.807, 2.05) is 0 Å². The van der Waals surface area contributed by atoms with Gasteiger partial charge in [0.2, 0.25) is 5.91 Å². The van der Waals surface area contributed by atoms with Crippen LogP contribution < -0.4 is 15.2 Å². The van der Waals surface area contributed by atoms with Crippen molar-refractivity contribution in [2.24, 2.45) is 11.7 Å². The lowest BCUT2D eigenvalue weighted by atomic mass is 9.95. The third-order valence-electron chi connectivity index (χ3n) is 7.72. The smallest absolute Gasteiger partial charge is 0.221 e. The number of benzene rings is 2. The number of piperidine rings is 1. The summed E-state index contributed by atoms with van der Waals surface area (Å²) in [6.07, 6.45) is 6.61. The van der Waals surface area contributed by atoms with E-state index >= 15 is 0 Å². The molecule has 2 fully saturated rings. The van der Waals surface area contributed by atoms with E-state index in [1.165, 1.54) is 42.6 Å². The average Bonchev–Trinajstić information content (AvgIpc) is 3.40. The number of ether oxygens (including phenoxy) is 2. The molecule has 2 N–H and O–H groups in total. The topological polar surface area (TPSA) is 68.0 Å². The number of amides is 1. The highest BCUT2D eigenvalue weighted by Crippen LogP contribution is 2.35. The van der Waals surface area contributed by atoms with Crippen LogP contribution in [0.5, 0.6) is 11.5 Å². The van der Waals surface area contributed by atoms with E-state index in [-0.39, 0.29) is 11.8 Å². The molecule has 2 aliphatic rings. The van der Waals surface area contributed by atoms with E-state index in [9.17, 15) is 4.79 Å². The predicted octanol–water partition coefficient (Wildman–Crippen LogP) is 4.80. The van der Waals surface area contributed by atoms with Crippen LogP contribution in [0.2, 0.25) is 0 Å². The van der Waals surface area contributed by atoms with Crippen molar-refractivity contribution in [3.05, 3.63) is 47.5 Å². The van der Waals surface area contributed by atoms with Gasteiger partial charge < -0.3 is 25.0 Å². The maximum absolute atomic E-state index is 11.5. The van der Waals surface area contributed by atoms with Crippen molar-refractivity contribution in [2.45, 2.75) is 52.4 Å². The van der Waals surface area contributed by atoms with Gasteiger partial charge in [-0.15, -0.1) is 0 Å². The molecular formula is C30H43N3O3. The molecule has 0 saturated carbocycles. The highest BCUT2D eigenvalue weighted by Gasteiger charge is 2.23. The SMILES string of the molecule is Cc1c(OCCCN2CCCC2)cccc1-c1cccc(OCCCN2CCCC(C(N)=O)C2)c1C. The van der Waals surface area contributed by atoms with E-state index in [0.717, 1.165) is 75.5 Å². The normalized spacial score (nSPS) is 18.9. The number of nitrogens with two attached hydrogens (primary N) is 1. The molecule has 0 spiro atoms. The van der Waals surface area contributed by atoms with Gasteiger partial charge in [0.15, 0.2) is 0 Å². The number of nitrogens with zero attached hydrogens (tertiary/aromatic N) is 2. The molecular weight excluding hydrogens is 450 g/mol. The molecule has 2 saturated heterocycles. The van der Waals surface area contributed by atoms with E-state index in [4.69, 9.17) is 15.2 Å². The van der Waals surface area contributed by atoms with Crippen molar-refractivity contribution in [3.63, 3.8) is 0 Å². The van der Waals surface area contributed by atoms with Crippen LogP contribution in [-0.4, -0.2) is 68.2 Å². The predicted molar refractivity (Wildman–Crippen MR) is 146 cm³/mol. The average molecular weight is 494 g/mol. The summed E-state index contributed by atoms with van der Waals surface area (Å²) >= 11 is 0. The number of carbonyl (C=O) groups excluding carboxylic acids is 1. The molecule has 0 aliphatic carbocycles. The Morgan fingerprint density at radius 3 is 1.92 bits per heavy atom. The third-order valence-corrected chi connectivity index (χ3v) is 7.72. The van der Waals surface area contributed by atoms with Crippen LogP contribution in [0, 0.1) is 19.8 Å². The molecule has 2 aromatic rings. The Balaban J connectivity index is 1.31. The van der Waals surface area contributed by atoms with Crippen LogP contribution in [0.4, 0.5) is 0 Å². The monoisotopic (exact) mass is 493 g/mol. The molecule has 2 aromatic carbocycles. The Hall–Kier alpha value is -2.57. The third kappa shape index (κ3) is 7.01. The second-order valence-corrected chi connectivity index (χ2v) is 10.4. The first-order valence-corrected chi connectivity index (χ1v) is 13.7. The second-order valence-electron chi connectivity index (χ2n) is 10.4. The van der Waals surface area contributed by atoms with Crippen molar-refractivity contribution >= 4 is 5.91 Å². The van der Waals surface area contributed by atoms with E-state index < -0.39 is 0 Å². The first-order valence-electron chi connectivity index (χ1n) is 13.7. The highest BCUT2D eigenvalue weighted by molar-refractivity contribution is 5.77. The molecule has 0 aromatic heterocycles. The van der Waals surface area contributed by atoms with Crippen LogP contribution >= 0.6 is 0 Å². The highest BCUT2D eigenvalue weighted by atomic mass is 16.5. The Morgan fingerprint density at radius 1 is 0.833 bits per heavy atom. The van der Waals surface area contributed by atoms with Crippen molar-refractivity contribution in [1.29, 1.82) is 0 Å². The molecule has 0 bridgehead atoms.